The predicted octanol–water partition coefficient (Wildman–Crippen LogP) is 2.79. The third-order valence-electron chi connectivity index (χ3n) is 3.26. The molecule has 0 bridgehead atoms. The Morgan fingerprint density at radius 2 is 2.00 bits per heavy atom. The average Bonchev–Trinajstić information content (AvgIpc) is 2.90. The van der Waals surface area contributed by atoms with E-state index in [1.54, 1.807) is 18.2 Å². The molecule has 0 fully saturated rings. The Morgan fingerprint density at radius 3 is 2.62 bits per heavy atom. The van der Waals surface area contributed by atoms with E-state index in [-0.39, 0.29) is 18.2 Å². The topological polar surface area (TPSA) is 68.5 Å². The highest BCUT2D eigenvalue weighted by Crippen LogP contribution is 2.28. The average molecular weight is 289 g/mol. The number of carbonyl (C=O) groups excluding carboxylic acids is 2. The fourth-order valence-electron chi connectivity index (χ4n) is 1.87. The molecule has 5 heteroatoms. The molecule has 2 rings (SSSR count). The fraction of sp³-hybridized carbons (Fsp3) is 0.375. The molecular formula is C16H19NO4. The van der Waals surface area contributed by atoms with Gasteiger partial charge in [0.05, 0.1) is 25.3 Å². The molecule has 1 heterocycles. The van der Waals surface area contributed by atoms with Crippen molar-refractivity contribution in [1.82, 2.24) is 5.32 Å². The largest absolute Gasteiger partial charge is 0.496 e. The number of amides is 1. The number of fused-ring (bicyclic) bond motifs is 1. The first-order valence-corrected chi connectivity index (χ1v) is 6.69. The number of rotatable bonds is 4. The number of furan rings is 1. The maximum absolute atomic E-state index is 12.1. The summed E-state index contributed by atoms with van der Waals surface area (Å²) >= 11 is 0. The minimum Gasteiger partial charge on any atom is -0.496 e. The Bertz CT molecular complexity index is 679. The first-order valence-electron chi connectivity index (χ1n) is 6.69. The van der Waals surface area contributed by atoms with Crippen LogP contribution in [0.4, 0.5) is 0 Å². The SMILES string of the molecule is COc1cc(C(=O)NCC(=O)C(C)(C)C)cc2occc12. The Kier molecular flexibility index (Phi) is 4.02. The van der Waals surface area contributed by atoms with Gasteiger partial charge in [0.25, 0.3) is 5.91 Å². The molecule has 1 amide bonds. The zero-order valence-corrected chi connectivity index (χ0v) is 12.6. The molecule has 0 unspecified atom stereocenters. The van der Waals surface area contributed by atoms with E-state index in [4.69, 9.17) is 9.15 Å². The summed E-state index contributed by atoms with van der Waals surface area (Å²) in [5.74, 6) is 0.208. The van der Waals surface area contributed by atoms with Crippen LogP contribution in [-0.4, -0.2) is 25.3 Å². The van der Waals surface area contributed by atoms with Crippen molar-refractivity contribution in [3.8, 4) is 5.75 Å². The number of carbonyl (C=O) groups is 2. The van der Waals surface area contributed by atoms with Crippen molar-refractivity contribution in [3.63, 3.8) is 0 Å². The summed E-state index contributed by atoms with van der Waals surface area (Å²) < 4.78 is 10.6. The van der Waals surface area contributed by atoms with Gasteiger partial charge in [-0.05, 0) is 18.2 Å². The van der Waals surface area contributed by atoms with Crippen LogP contribution in [0.2, 0.25) is 0 Å². The van der Waals surface area contributed by atoms with Gasteiger partial charge < -0.3 is 14.5 Å². The monoisotopic (exact) mass is 289 g/mol. The van der Waals surface area contributed by atoms with Crippen LogP contribution in [-0.2, 0) is 4.79 Å². The number of hydrogen-bond acceptors (Lipinski definition) is 4. The van der Waals surface area contributed by atoms with Crippen LogP contribution >= 0.6 is 0 Å². The number of benzene rings is 1. The molecule has 1 aromatic heterocycles. The van der Waals surface area contributed by atoms with Crippen molar-refractivity contribution >= 4 is 22.7 Å². The highest BCUT2D eigenvalue weighted by molar-refractivity contribution is 6.01. The van der Waals surface area contributed by atoms with Gasteiger partial charge in [0.1, 0.15) is 11.3 Å². The molecule has 0 aliphatic rings. The number of methoxy groups -OCH3 is 1. The van der Waals surface area contributed by atoms with Gasteiger partial charge in [-0.2, -0.15) is 0 Å². The molecule has 2 aromatic rings. The van der Waals surface area contributed by atoms with Gasteiger partial charge in [-0.1, -0.05) is 20.8 Å². The third kappa shape index (κ3) is 3.24. The van der Waals surface area contributed by atoms with Gasteiger partial charge in [0.2, 0.25) is 0 Å². The molecule has 0 atom stereocenters. The van der Waals surface area contributed by atoms with E-state index in [2.05, 4.69) is 5.32 Å². The summed E-state index contributed by atoms with van der Waals surface area (Å²) in [6, 6.07) is 5.04. The molecule has 0 spiro atoms. The Hall–Kier alpha value is -2.30. The number of Topliss-reactive ketones (excluding diaryl/α,β-unsaturated/α-hetero) is 1. The zero-order chi connectivity index (χ0) is 15.6. The first kappa shape index (κ1) is 15.1. The molecular weight excluding hydrogens is 270 g/mol. The maximum atomic E-state index is 12.1. The van der Waals surface area contributed by atoms with Gasteiger partial charge in [0.15, 0.2) is 5.78 Å². The maximum Gasteiger partial charge on any atom is 0.251 e. The van der Waals surface area contributed by atoms with E-state index in [9.17, 15) is 9.59 Å². The standard InChI is InChI=1S/C16H19NO4/c1-16(2,3)14(18)9-17-15(19)10-7-12(20-4)11-5-6-21-13(11)8-10/h5-8H,9H2,1-4H3,(H,17,19). The molecule has 0 saturated heterocycles. The van der Waals surface area contributed by atoms with E-state index >= 15 is 0 Å². The van der Waals surface area contributed by atoms with Gasteiger partial charge in [-0.25, -0.2) is 0 Å². The van der Waals surface area contributed by atoms with Crippen LogP contribution in [0.5, 0.6) is 5.75 Å². The molecule has 5 nitrogen and oxygen atoms in total. The van der Waals surface area contributed by atoms with E-state index in [1.807, 2.05) is 20.8 Å². The molecule has 1 N–H and O–H groups in total. The quantitative estimate of drug-likeness (QED) is 0.939. The normalized spacial score (nSPS) is 11.4. The molecule has 21 heavy (non-hydrogen) atoms. The zero-order valence-electron chi connectivity index (χ0n) is 12.6. The van der Waals surface area contributed by atoms with Gasteiger partial charge in [0, 0.05) is 11.0 Å². The van der Waals surface area contributed by atoms with Crippen molar-refractivity contribution in [3.05, 3.63) is 30.0 Å². The van der Waals surface area contributed by atoms with E-state index in [0.717, 1.165) is 5.39 Å². The number of ketones is 1. The summed E-state index contributed by atoms with van der Waals surface area (Å²) in [6.45, 7) is 5.46. The molecule has 1 aromatic carbocycles. The summed E-state index contributed by atoms with van der Waals surface area (Å²) in [4.78, 5) is 24.0. The second kappa shape index (κ2) is 5.60. The lowest BCUT2D eigenvalue weighted by Crippen LogP contribution is -2.35. The summed E-state index contributed by atoms with van der Waals surface area (Å²) in [7, 11) is 1.53. The van der Waals surface area contributed by atoms with Crippen LogP contribution in [0.3, 0.4) is 0 Å². The second-order valence-corrected chi connectivity index (χ2v) is 5.87. The van der Waals surface area contributed by atoms with Gasteiger partial charge in [-0.15, -0.1) is 0 Å². The Morgan fingerprint density at radius 1 is 1.29 bits per heavy atom. The van der Waals surface area contributed by atoms with Crippen LogP contribution < -0.4 is 10.1 Å². The van der Waals surface area contributed by atoms with Crippen molar-refractivity contribution < 1.29 is 18.7 Å². The van der Waals surface area contributed by atoms with Crippen molar-refractivity contribution in [1.29, 1.82) is 0 Å². The third-order valence-corrected chi connectivity index (χ3v) is 3.26. The lowest BCUT2D eigenvalue weighted by Gasteiger charge is -2.16. The smallest absolute Gasteiger partial charge is 0.251 e. The van der Waals surface area contributed by atoms with Gasteiger partial charge in [-0.3, -0.25) is 9.59 Å². The molecule has 0 aliphatic heterocycles. The summed E-state index contributed by atoms with van der Waals surface area (Å²) in [6.07, 6.45) is 1.54. The molecule has 0 aliphatic carbocycles. The second-order valence-electron chi connectivity index (χ2n) is 5.87. The highest BCUT2D eigenvalue weighted by atomic mass is 16.5. The Labute approximate surface area is 123 Å². The van der Waals surface area contributed by atoms with Crippen LogP contribution in [0.1, 0.15) is 31.1 Å². The van der Waals surface area contributed by atoms with Gasteiger partial charge >= 0.3 is 0 Å². The van der Waals surface area contributed by atoms with Crippen LogP contribution in [0.25, 0.3) is 11.0 Å². The Balaban J connectivity index is 2.18. The highest BCUT2D eigenvalue weighted by Gasteiger charge is 2.22. The van der Waals surface area contributed by atoms with Crippen molar-refractivity contribution in [2.75, 3.05) is 13.7 Å². The number of nitrogens with one attached hydrogen (secondary N) is 1. The molecule has 0 saturated carbocycles. The van der Waals surface area contributed by atoms with Crippen molar-refractivity contribution in [2.45, 2.75) is 20.8 Å². The van der Waals surface area contributed by atoms with Crippen LogP contribution in [0.15, 0.2) is 28.9 Å². The predicted molar refractivity (Wildman–Crippen MR) is 79.6 cm³/mol. The summed E-state index contributed by atoms with van der Waals surface area (Å²) in [5, 5.41) is 3.43. The lowest BCUT2D eigenvalue weighted by atomic mass is 9.91. The van der Waals surface area contributed by atoms with Crippen molar-refractivity contribution in [2.24, 2.45) is 5.41 Å². The fourth-order valence-corrected chi connectivity index (χ4v) is 1.87. The lowest BCUT2D eigenvalue weighted by molar-refractivity contribution is -0.125. The molecule has 0 radical (unpaired) electrons. The van der Waals surface area contributed by atoms with E-state index < -0.39 is 5.41 Å². The summed E-state index contributed by atoms with van der Waals surface area (Å²) in [5.41, 5.74) is 0.494. The van der Waals surface area contributed by atoms with E-state index in [0.29, 0.717) is 16.9 Å². The number of ether oxygens (including phenoxy) is 1. The molecule has 112 valence electrons. The van der Waals surface area contributed by atoms with E-state index in [1.165, 1.54) is 13.4 Å². The van der Waals surface area contributed by atoms with Crippen LogP contribution in [0, 0.1) is 5.41 Å². The minimum atomic E-state index is -0.476. The first-order chi connectivity index (χ1) is 9.82. The minimum absolute atomic E-state index is 0.000834. The number of hydrogen-bond donors (Lipinski definition) is 1.